The maximum Gasteiger partial charge on any atom is 0.277 e. The summed E-state index contributed by atoms with van der Waals surface area (Å²) in [6, 6.07) is 11.6. The number of hydrogen-bond donors (Lipinski definition) is 1. The number of rotatable bonds is 7. The van der Waals surface area contributed by atoms with Crippen LogP contribution in [0.5, 0.6) is 5.75 Å². The van der Waals surface area contributed by atoms with Gasteiger partial charge in [0.2, 0.25) is 5.91 Å². The zero-order valence-electron chi connectivity index (χ0n) is 15.7. The van der Waals surface area contributed by atoms with E-state index in [0.717, 1.165) is 28.6 Å². The number of nitrogens with zero attached hydrogens (tertiary/aromatic N) is 2. The van der Waals surface area contributed by atoms with E-state index in [1.54, 1.807) is 6.92 Å². The normalized spacial score (nSPS) is 11.9. The van der Waals surface area contributed by atoms with Crippen LogP contribution in [0.4, 0.5) is 10.1 Å². The number of carbonyl (C=O) groups is 1. The van der Waals surface area contributed by atoms with E-state index in [-0.39, 0.29) is 28.6 Å². The van der Waals surface area contributed by atoms with Crippen molar-refractivity contribution in [2.45, 2.75) is 32.1 Å². The summed E-state index contributed by atoms with van der Waals surface area (Å²) in [5, 5.41) is 11.0. The third kappa shape index (κ3) is 5.32. The number of nitrogens with one attached hydrogen (secondary N) is 1. The molecule has 1 aromatic heterocycles. The minimum atomic E-state index is -0.504. The van der Waals surface area contributed by atoms with Crippen molar-refractivity contribution in [3.8, 4) is 5.75 Å². The fraction of sp³-hybridized carbons (Fsp3) is 0.250. The second-order valence-corrected chi connectivity index (χ2v) is 7.20. The zero-order chi connectivity index (χ0) is 20.1. The van der Waals surface area contributed by atoms with Crippen LogP contribution in [0.25, 0.3) is 0 Å². The minimum Gasteiger partial charge on any atom is -0.481 e. The molecular formula is C20H20FN3O3S. The minimum absolute atomic E-state index is 0.141. The maximum absolute atomic E-state index is 12.9. The highest BCUT2D eigenvalue weighted by atomic mass is 32.2. The lowest BCUT2D eigenvalue weighted by Crippen LogP contribution is -2.14. The number of thioether (sulfide) groups is 1. The molecule has 8 heteroatoms. The number of aromatic nitrogens is 2. The lowest BCUT2D eigenvalue weighted by Gasteiger charge is -2.10. The Hall–Kier alpha value is -2.87. The fourth-order valence-corrected chi connectivity index (χ4v) is 2.96. The molecule has 2 aromatic carbocycles. The smallest absolute Gasteiger partial charge is 0.277 e. The van der Waals surface area contributed by atoms with Gasteiger partial charge < -0.3 is 14.5 Å². The Morgan fingerprint density at radius 3 is 2.71 bits per heavy atom. The molecule has 0 fully saturated rings. The molecule has 28 heavy (non-hydrogen) atoms. The molecule has 0 unspecified atom stereocenters. The predicted octanol–water partition coefficient (Wildman–Crippen LogP) is 4.70. The number of hydrogen-bond acceptors (Lipinski definition) is 6. The fourth-order valence-electron chi connectivity index (χ4n) is 2.39. The molecule has 0 radical (unpaired) electrons. The van der Waals surface area contributed by atoms with Gasteiger partial charge in [-0.25, -0.2) is 4.39 Å². The average molecular weight is 401 g/mol. The van der Waals surface area contributed by atoms with Crippen molar-refractivity contribution < 1.29 is 18.3 Å². The van der Waals surface area contributed by atoms with Crippen LogP contribution in [0, 0.1) is 19.7 Å². The van der Waals surface area contributed by atoms with E-state index in [1.165, 1.54) is 24.3 Å². The van der Waals surface area contributed by atoms with Gasteiger partial charge in [0.15, 0.2) is 6.10 Å². The summed E-state index contributed by atoms with van der Waals surface area (Å²) in [5.41, 5.74) is 2.86. The predicted molar refractivity (Wildman–Crippen MR) is 105 cm³/mol. The van der Waals surface area contributed by atoms with Crippen LogP contribution in [0.15, 0.2) is 52.1 Å². The molecule has 3 aromatic rings. The highest BCUT2D eigenvalue weighted by molar-refractivity contribution is 7.99. The molecule has 1 atom stereocenters. The summed E-state index contributed by atoms with van der Waals surface area (Å²) in [5.74, 6) is 0.419. The van der Waals surface area contributed by atoms with Crippen LogP contribution in [-0.4, -0.2) is 21.9 Å². The topological polar surface area (TPSA) is 77.2 Å². The van der Waals surface area contributed by atoms with Crippen molar-refractivity contribution in [1.82, 2.24) is 10.2 Å². The molecule has 1 heterocycles. The first-order valence-corrected chi connectivity index (χ1v) is 9.65. The molecule has 6 nitrogen and oxygen atoms in total. The molecule has 0 aliphatic rings. The van der Waals surface area contributed by atoms with Crippen molar-refractivity contribution in [1.29, 1.82) is 0 Å². The van der Waals surface area contributed by atoms with Gasteiger partial charge in [-0.15, -0.1) is 10.2 Å². The van der Waals surface area contributed by atoms with Gasteiger partial charge in [0, 0.05) is 5.69 Å². The quantitative estimate of drug-likeness (QED) is 0.579. The van der Waals surface area contributed by atoms with E-state index in [0.29, 0.717) is 5.75 Å². The summed E-state index contributed by atoms with van der Waals surface area (Å²) >= 11 is 1.15. The second-order valence-electron chi connectivity index (χ2n) is 6.28. The van der Waals surface area contributed by atoms with Gasteiger partial charge in [-0.05, 0) is 62.2 Å². The molecule has 0 saturated heterocycles. The SMILES string of the molecule is Cc1ccc(C)c(NC(=O)CSc2nnc([C@H](C)Oc3ccc(F)cc3)o2)c1. The lowest BCUT2D eigenvalue weighted by molar-refractivity contribution is -0.113. The van der Waals surface area contributed by atoms with Gasteiger partial charge >= 0.3 is 0 Å². The van der Waals surface area contributed by atoms with E-state index in [9.17, 15) is 9.18 Å². The van der Waals surface area contributed by atoms with Gasteiger partial charge in [0.25, 0.3) is 11.1 Å². The molecule has 3 rings (SSSR count). The molecule has 146 valence electrons. The molecule has 1 N–H and O–H groups in total. The number of aryl methyl sites for hydroxylation is 2. The van der Waals surface area contributed by atoms with Crippen molar-refractivity contribution in [3.63, 3.8) is 0 Å². The molecule has 1 amide bonds. The van der Waals surface area contributed by atoms with E-state index < -0.39 is 6.10 Å². The Balaban J connectivity index is 1.53. The molecule has 0 bridgehead atoms. The number of carbonyl (C=O) groups excluding carboxylic acids is 1. The first kappa shape index (κ1) is 19.9. The highest BCUT2D eigenvalue weighted by Crippen LogP contribution is 2.24. The number of anilines is 1. The monoisotopic (exact) mass is 401 g/mol. The van der Waals surface area contributed by atoms with Crippen LogP contribution in [0.1, 0.15) is 30.0 Å². The number of halogens is 1. The van der Waals surface area contributed by atoms with Gasteiger partial charge in [-0.2, -0.15) is 0 Å². The molecule has 0 aliphatic heterocycles. The summed E-state index contributed by atoms with van der Waals surface area (Å²) in [6.45, 7) is 5.66. The lowest BCUT2D eigenvalue weighted by atomic mass is 10.1. The van der Waals surface area contributed by atoms with Crippen LogP contribution < -0.4 is 10.1 Å². The Kier molecular flexibility index (Phi) is 6.30. The van der Waals surface area contributed by atoms with Gasteiger partial charge in [0.05, 0.1) is 5.75 Å². The number of amides is 1. The highest BCUT2D eigenvalue weighted by Gasteiger charge is 2.17. The Bertz CT molecular complexity index is 960. The van der Waals surface area contributed by atoms with Crippen LogP contribution in [0.2, 0.25) is 0 Å². The standard InChI is InChI=1S/C20H20FN3O3S/c1-12-4-5-13(2)17(10-12)22-18(25)11-28-20-24-23-19(27-20)14(3)26-16-8-6-15(21)7-9-16/h4-10,14H,11H2,1-3H3,(H,22,25)/t14-/m0/s1. The summed E-state index contributed by atoms with van der Waals surface area (Å²) in [4.78, 5) is 12.2. The number of ether oxygens (including phenoxy) is 1. The first-order chi connectivity index (χ1) is 13.4. The largest absolute Gasteiger partial charge is 0.481 e. The van der Waals surface area contributed by atoms with E-state index in [1.807, 2.05) is 32.0 Å². The Labute approximate surface area is 166 Å². The Morgan fingerprint density at radius 2 is 1.96 bits per heavy atom. The van der Waals surface area contributed by atoms with E-state index >= 15 is 0 Å². The summed E-state index contributed by atoms with van der Waals surface area (Å²) < 4.78 is 24.1. The Morgan fingerprint density at radius 1 is 1.21 bits per heavy atom. The van der Waals surface area contributed by atoms with Crippen molar-refractivity contribution >= 4 is 23.4 Å². The molecular weight excluding hydrogens is 381 g/mol. The van der Waals surface area contributed by atoms with Crippen LogP contribution >= 0.6 is 11.8 Å². The van der Waals surface area contributed by atoms with Crippen LogP contribution in [-0.2, 0) is 4.79 Å². The summed E-state index contributed by atoms with van der Waals surface area (Å²) in [6.07, 6.45) is -0.504. The van der Waals surface area contributed by atoms with E-state index in [2.05, 4.69) is 15.5 Å². The van der Waals surface area contributed by atoms with Crippen LogP contribution in [0.3, 0.4) is 0 Å². The molecule has 0 aliphatic carbocycles. The number of benzene rings is 2. The zero-order valence-corrected chi connectivity index (χ0v) is 16.5. The second kappa shape index (κ2) is 8.88. The molecule has 0 saturated carbocycles. The van der Waals surface area contributed by atoms with Crippen molar-refractivity contribution in [3.05, 3.63) is 65.3 Å². The van der Waals surface area contributed by atoms with Crippen molar-refractivity contribution in [2.75, 3.05) is 11.1 Å². The van der Waals surface area contributed by atoms with E-state index in [4.69, 9.17) is 9.15 Å². The van der Waals surface area contributed by atoms with Gasteiger partial charge in [0.1, 0.15) is 11.6 Å². The average Bonchev–Trinajstić information content (AvgIpc) is 3.14. The first-order valence-electron chi connectivity index (χ1n) is 8.66. The maximum atomic E-state index is 12.9. The third-order valence-electron chi connectivity index (χ3n) is 3.89. The van der Waals surface area contributed by atoms with Crippen molar-refractivity contribution in [2.24, 2.45) is 0 Å². The summed E-state index contributed by atoms with van der Waals surface area (Å²) in [7, 11) is 0. The van der Waals surface area contributed by atoms with Gasteiger partial charge in [-0.1, -0.05) is 23.9 Å². The molecule has 0 spiro atoms. The van der Waals surface area contributed by atoms with Gasteiger partial charge in [-0.3, -0.25) is 4.79 Å². The third-order valence-corrected chi connectivity index (χ3v) is 4.71.